The van der Waals surface area contributed by atoms with Crippen molar-refractivity contribution >= 4 is 56.5 Å². The maximum atomic E-state index is 13.8. The minimum atomic E-state index is -3.89. The number of benzene rings is 2. The first-order valence-corrected chi connectivity index (χ1v) is 16.7. The van der Waals surface area contributed by atoms with Crippen molar-refractivity contribution in [1.29, 1.82) is 0 Å². The first-order chi connectivity index (χ1) is 20.5. The number of rotatable bonds is 6. The number of methoxy groups -OCH3 is 1. The normalized spacial score (nSPS) is 28.9. The molecule has 3 heterocycles. The van der Waals surface area contributed by atoms with Crippen LogP contribution in [0.5, 0.6) is 11.5 Å². The summed E-state index contributed by atoms with van der Waals surface area (Å²) in [6, 6.07) is 10.4. The van der Waals surface area contributed by atoms with Crippen molar-refractivity contribution in [3.05, 3.63) is 62.6 Å². The number of phenolic OH excluding ortho intramolecular Hbond substituents is 1. The van der Waals surface area contributed by atoms with E-state index in [1.165, 1.54) is 31.4 Å². The Kier molecular flexibility index (Phi) is 6.50. The second-order valence-electron chi connectivity index (χ2n) is 11.3. The highest BCUT2D eigenvalue weighted by Gasteiger charge is 2.69. The number of amides is 3. The Bertz CT molecular complexity index is 1850. The van der Waals surface area contributed by atoms with E-state index < -0.39 is 34.3 Å². The highest BCUT2D eigenvalue weighted by atomic mass is 32.2. The molecular formula is C28H26N4O8S3. The van der Waals surface area contributed by atoms with E-state index in [2.05, 4.69) is 10.3 Å². The van der Waals surface area contributed by atoms with Gasteiger partial charge in [-0.25, -0.2) is 13.6 Å². The van der Waals surface area contributed by atoms with Crippen LogP contribution >= 0.6 is 23.1 Å². The number of nitrogens with two attached hydrogens (primary N) is 1. The van der Waals surface area contributed by atoms with Gasteiger partial charge < -0.3 is 20.1 Å². The number of aromatic hydroxyl groups is 1. The number of nitrogens with zero attached hydrogens (tertiary/aromatic N) is 1. The molecule has 1 aromatic heterocycles. The van der Waals surface area contributed by atoms with Crippen molar-refractivity contribution in [2.75, 3.05) is 19.0 Å². The lowest BCUT2D eigenvalue weighted by Gasteiger charge is -2.43. The molecule has 43 heavy (non-hydrogen) atoms. The maximum Gasteiger partial charge on any atom is 0.305 e. The Morgan fingerprint density at radius 3 is 2.49 bits per heavy atom. The van der Waals surface area contributed by atoms with Gasteiger partial charge >= 0.3 is 4.87 Å². The Morgan fingerprint density at radius 1 is 1.12 bits per heavy atom. The van der Waals surface area contributed by atoms with Crippen LogP contribution in [0.3, 0.4) is 0 Å². The highest BCUT2D eigenvalue weighted by molar-refractivity contribution is 8.00. The van der Waals surface area contributed by atoms with Gasteiger partial charge in [0.15, 0.2) is 11.5 Å². The summed E-state index contributed by atoms with van der Waals surface area (Å²) in [6.07, 6.45) is 0.691. The van der Waals surface area contributed by atoms with E-state index >= 15 is 0 Å². The number of imide groups is 1. The topological polar surface area (TPSA) is 189 Å². The van der Waals surface area contributed by atoms with E-state index in [1.54, 1.807) is 30.0 Å². The Hall–Kier alpha value is -3.66. The van der Waals surface area contributed by atoms with Crippen molar-refractivity contribution in [2.45, 2.75) is 27.5 Å². The zero-order chi connectivity index (χ0) is 30.4. The fraction of sp³-hybridized carbons (Fsp3) is 0.357. The summed E-state index contributed by atoms with van der Waals surface area (Å²) < 4.78 is 28.4. The predicted octanol–water partition coefficient (Wildman–Crippen LogP) is 1.91. The number of likely N-dealkylation sites (tertiary alicyclic amines) is 1. The van der Waals surface area contributed by atoms with Crippen molar-refractivity contribution in [1.82, 2.24) is 9.88 Å². The molecule has 15 heteroatoms. The molecular weight excluding hydrogens is 617 g/mol. The number of aromatic nitrogens is 1. The number of thioether (sulfide) groups is 1. The molecule has 2 saturated carbocycles. The Morgan fingerprint density at radius 2 is 1.81 bits per heavy atom. The van der Waals surface area contributed by atoms with Gasteiger partial charge in [0.2, 0.25) is 27.7 Å². The summed E-state index contributed by atoms with van der Waals surface area (Å²) in [5.74, 6) is -2.68. The minimum absolute atomic E-state index is 0.00527. The van der Waals surface area contributed by atoms with Gasteiger partial charge in [0.25, 0.3) is 0 Å². The monoisotopic (exact) mass is 642 g/mol. The van der Waals surface area contributed by atoms with Gasteiger partial charge in [0.05, 0.1) is 28.9 Å². The number of aromatic amines is 1. The summed E-state index contributed by atoms with van der Waals surface area (Å²) in [6.45, 7) is -0.456. The third kappa shape index (κ3) is 4.39. The first-order valence-electron chi connectivity index (χ1n) is 13.5. The number of carbonyl (C=O) groups excluding carboxylic acids is 3. The van der Waals surface area contributed by atoms with Gasteiger partial charge in [-0.05, 0) is 66.1 Å². The number of fused-ring (bicyclic) bond motifs is 9. The van der Waals surface area contributed by atoms with Gasteiger partial charge in [-0.2, -0.15) is 0 Å². The number of hydrogen-bond donors (Lipinski definition) is 4. The van der Waals surface area contributed by atoms with Crippen LogP contribution in [0.15, 0.2) is 57.2 Å². The number of H-pyrrole nitrogens is 1. The lowest BCUT2D eigenvalue weighted by atomic mass is 9.68. The van der Waals surface area contributed by atoms with Gasteiger partial charge in [-0.15, -0.1) is 11.8 Å². The van der Waals surface area contributed by atoms with Crippen LogP contribution in [0, 0.1) is 29.6 Å². The van der Waals surface area contributed by atoms with Crippen LogP contribution in [-0.4, -0.2) is 60.0 Å². The third-order valence-electron chi connectivity index (χ3n) is 9.15. The summed E-state index contributed by atoms with van der Waals surface area (Å²) >= 11 is 2.69. The number of sulfonamides is 1. The molecule has 12 nitrogen and oxygen atoms in total. The lowest BCUT2D eigenvalue weighted by molar-refractivity contribution is -0.143. The second kappa shape index (κ2) is 9.94. The van der Waals surface area contributed by atoms with Crippen LogP contribution in [-0.2, 0) is 24.4 Å². The molecule has 7 rings (SSSR count). The molecule has 4 aliphatic rings. The molecule has 2 aromatic carbocycles. The first kappa shape index (κ1) is 28.1. The molecule has 3 aromatic rings. The van der Waals surface area contributed by atoms with Gasteiger partial charge in [-0.1, -0.05) is 17.4 Å². The van der Waals surface area contributed by atoms with Crippen LogP contribution in [0.4, 0.5) is 5.69 Å². The number of phenols is 1. The van der Waals surface area contributed by atoms with Crippen LogP contribution < -0.4 is 20.1 Å². The van der Waals surface area contributed by atoms with E-state index in [1.807, 2.05) is 0 Å². The predicted molar refractivity (Wildman–Crippen MR) is 156 cm³/mol. The number of thiazole rings is 1. The fourth-order valence-electron chi connectivity index (χ4n) is 7.57. The van der Waals surface area contributed by atoms with E-state index in [-0.39, 0.29) is 56.3 Å². The van der Waals surface area contributed by atoms with Crippen LogP contribution in [0.1, 0.15) is 22.8 Å². The number of anilines is 1. The summed E-state index contributed by atoms with van der Waals surface area (Å²) in [5, 5.41) is 18.7. The number of primary sulfonamides is 1. The Balaban J connectivity index is 1.16. The van der Waals surface area contributed by atoms with Crippen molar-refractivity contribution < 1.29 is 32.6 Å². The highest BCUT2D eigenvalue weighted by Crippen LogP contribution is 2.68. The average Bonchev–Trinajstić information content (AvgIpc) is 3.69. The summed E-state index contributed by atoms with van der Waals surface area (Å²) in [5.41, 5.74) is 1.15. The Labute approximate surface area is 253 Å². The SMILES string of the molecule is COc1cc(C2c3sc(=O)[nH]c3SC3C4CC(C5C(=O)N(CC(=O)Nc6ccc(S(N)(=O)=O)cc6)C(=O)C45)C23)ccc1O. The number of nitrogens with one attached hydrogen (secondary N) is 2. The third-order valence-corrected chi connectivity index (χ3v) is 12.7. The second-order valence-corrected chi connectivity index (χ2v) is 15.0. The molecule has 3 fully saturated rings. The fourth-order valence-corrected chi connectivity index (χ4v) is 11.0. The smallest absolute Gasteiger partial charge is 0.305 e. The van der Waals surface area contributed by atoms with Gasteiger partial charge in [-0.3, -0.25) is 24.1 Å². The molecule has 3 amide bonds. The minimum Gasteiger partial charge on any atom is -0.504 e. The maximum absolute atomic E-state index is 13.8. The quantitative estimate of drug-likeness (QED) is 0.291. The molecule has 2 aliphatic carbocycles. The molecule has 5 N–H and O–H groups in total. The average molecular weight is 643 g/mol. The molecule has 224 valence electrons. The van der Waals surface area contributed by atoms with E-state index in [0.717, 1.165) is 31.7 Å². The molecule has 0 spiro atoms. The molecule has 0 radical (unpaired) electrons. The van der Waals surface area contributed by atoms with Crippen molar-refractivity contribution in [2.24, 2.45) is 34.7 Å². The molecule has 7 unspecified atom stereocenters. The molecule has 1 saturated heterocycles. The van der Waals surface area contributed by atoms with Crippen LogP contribution in [0.25, 0.3) is 0 Å². The molecule has 7 atom stereocenters. The van der Waals surface area contributed by atoms with E-state index in [9.17, 15) is 32.7 Å². The largest absolute Gasteiger partial charge is 0.504 e. The van der Waals surface area contributed by atoms with Gasteiger partial charge in [0, 0.05) is 21.7 Å². The zero-order valence-electron chi connectivity index (χ0n) is 22.6. The number of hydrogen-bond acceptors (Lipinski definition) is 10. The van der Waals surface area contributed by atoms with Crippen molar-refractivity contribution in [3.8, 4) is 11.5 Å². The molecule has 2 aliphatic heterocycles. The van der Waals surface area contributed by atoms with Crippen molar-refractivity contribution in [3.63, 3.8) is 0 Å². The van der Waals surface area contributed by atoms with Crippen LogP contribution in [0.2, 0.25) is 0 Å². The van der Waals surface area contributed by atoms with Gasteiger partial charge in [0.1, 0.15) is 6.54 Å². The summed E-state index contributed by atoms with van der Waals surface area (Å²) in [7, 11) is -2.43. The number of ether oxygens (including phenoxy) is 1. The van der Waals surface area contributed by atoms with E-state index in [4.69, 9.17) is 9.88 Å². The lowest BCUT2D eigenvalue weighted by Crippen LogP contribution is -2.42. The number of carbonyl (C=O) groups is 3. The summed E-state index contributed by atoms with van der Waals surface area (Å²) in [4.78, 5) is 57.3. The zero-order valence-corrected chi connectivity index (χ0v) is 25.0. The molecule has 2 bridgehead atoms. The van der Waals surface area contributed by atoms with E-state index in [0.29, 0.717) is 17.9 Å². The standard InChI is InChI=1S/C28H26N4O8S3/c1-40-17-8-11(2-7-16(17)33)19-20-14-9-15(23(20)41-25-24(19)42-28(37)31-25)22-21(14)26(35)32(27(22)36)10-18(34)30-12-3-5-13(6-4-12)43(29,38)39/h2-8,14-15,19-23,33H,9-10H2,1H3,(H,30,34)(H,31,37)(H2,29,38,39).